The topological polar surface area (TPSA) is 87.7 Å². The van der Waals surface area contributed by atoms with Crippen LogP contribution in [-0.4, -0.2) is 41.9 Å². The summed E-state index contributed by atoms with van der Waals surface area (Å²) in [5, 5.41) is 14.5. The molecule has 2 atom stereocenters. The van der Waals surface area contributed by atoms with Crippen molar-refractivity contribution in [3.8, 4) is 0 Å². The van der Waals surface area contributed by atoms with Gasteiger partial charge in [-0.2, -0.15) is 0 Å². The maximum atomic E-state index is 11.5. The minimum Gasteiger partial charge on any atom is -0.444 e. The zero-order valence-corrected chi connectivity index (χ0v) is 11.2. The summed E-state index contributed by atoms with van der Waals surface area (Å²) in [6.45, 7) is 5.76. The minimum atomic E-state index is -0.575. The third-order valence-corrected chi connectivity index (χ3v) is 2.67. The zero-order valence-electron chi connectivity index (χ0n) is 11.2. The lowest BCUT2D eigenvalue weighted by atomic mass is 9.99. The van der Waals surface area contributed by atoms with Gasteiger partial charge in [0.15, 0.2) is 0 Å². The van der Waals surface area contributed by atoms with Crippen molar-refractivity contribution in [1.82, 2.24) is 10.6 Å². The molecule has 1 fully saturated rings. The average molecular weight is 258 g/mol. The van der Waals surface area contributed by atoms with Gasteiger partial charge in [-0.15, -0.1) is 0 Å². The Bertz CT molecular complexity index is 312. The molecule has 1 aliphatic rings. The van der Waals surface area contributed by atoms with Crippen LogP contribution in [-0.2, 0) is 9.53 Å². The summed E-state index contributed by atoms with van der Waals surface area (Å²) in [4.78, 5) is 22.9. The second-order valence-corrected chi connectivity index (χ2v) is 5.54. The van der Waals surface area contributed by atoms with Crippen LogP contribution >= 0.6 is 0 Å². The standard InChI is InChI=1S/C12H22N2O4/c1-12(2,3)18-11(17)14-9(7-15)6-8-4-5-13-10(8)16/h8-9,15H,4-7H2,1-3H3,(H,13,16)(H,14,17)/t8-,9-/m0/s1. The molecule has 1 rings (SSSR count). The van der Waals surface area contributed by atoms with Crippen LogP contribution in [0.3, 0.4) is 0 Å². The number of amides is 2. The smallest absolute Gasteiger partial charge is 0.407 e. The number of aliphatic hydroxyl groups is 1. The summed E-state index contributed by atoms with van der Waals surface area (Å²) < 4.78 is 5.10. The highest BCUT2D eigenvalue weighted by atomic mass is 16.6. The minimum absolute atomic E-state index is 0.0144. The molecular formula is C12H22N2O4. The van der Waals surface area contributed by atoms with Crippen molar-refractivity contribution in [2.24, 2.45) is 5.92 Å². The van der Waals surface area contributed by atoms with E-state index in [0.717, 1.165) is 6.42 Å². The molecule has 1 heterocycles. The van der Waals surface area contributed by atoms with Crippen molar-refractivity contribution in [1.29, 1.82) is 0 Å². The highest BCUT2D eigenvalue weighted by molar-refractivity contribution is 5.80. The molecule has 0 bridgehead atoms. The van der Waals surface area contributed by atoms with Gasteiger partial charge in [-0.1, -0.05) is 0 Å². The molecular weight excluding hydrogens is 236 g/mol. The molecule has 18 heavy (non-hydrogen) atoms. The molecule has 3 N–H and O–H groups in total. The number of ether oxygens (including phenoxy) is 1. The molecule has 6 heteroatoms. The van der Waals surface area contributed by atoms with Crippen molar-refractivity contribution in [3.63, 3.8) is 0 Å². The summed E-state index contributed by atoms with van der Waals surface area (Å²) in [6, 6.07) is -0.450. The first-order valence-electron chi connectivity index (χ1n) is 6.20. The zero-order chi connectivity index (χ0) is 13.8. The average Bonchev–Trinajstić information content (AvgIpc) is 2.60. The summed E-state index contributed by atoms with van der Waals surface area (Å²) in [5.74, 6) is -0.156. The van der Waals surface area contributed by atoms with E-state index >= 15 is 0 Å². The molecule has 0 spiro atoms. The highest BCUT2D eigenvalue weighted by Gasteiger charge is 2.28. The van der Waals surface area contributed by atoms with Gasteiger partial charge in [0.2, 0.25) is 5.91 Å². The Labute approximate surface area is 107 Å². The Balaban J connectivity index is 2.42. The van der Waals surface area contributed by atoms with E-state index < -0.39 is 17.7 Å². The van der Waals surface area contributed by atoms with E-state index in [1.165, 1.54) is 0 Å². The van der Waals surface area contributed by atoms with Crippen molar-refractivity contribution in [2.45, 2.75) is 45.3 Å². The van der Waals surface area contributed by atoms with Gasteiger partial charge in [0.05, 0.1) is 12.6 Å². The van der Waals surface area contributed by atoms with Crippen molar-refractivity contribution in [2.75, 3.05) is 13.2 Å². The second kappa shape index (κ2) is 6.04. The van der Waals surface area contributed by atoms with E-state index in [9.17, 15) is 14.7 Å². The van der Waals surface area contributed by atoms with Gasteiger partial charge < -0.3 is 20.5 Å². The van der Waals surface area contributed by atoms with Crippen molar-refractivity contribution in [3.05, 3.63) is 0 Å². The van der Waals surface area contributed by atoms with E-state index in [2.05, 4.69) is 10.6 Å². The molecule has 0 radical (unpaired) electrons. The first-order valence-corrected chi connectivity index (χ1v) is 6.20. The van der Waals surface area contributed by atoms with Crippen LogP contribution < -0.4 is 10.6 Å². The van der Waals surface area contributed by atoms with Gasteiger partial charge in [-0.05, 0) is 33.6 Å². The Morgan fingerprint density at radius 3 is 2.72 bits per heavy atom. The van der Waals surface area contributed by atoms with E-state index in [0.29, 0.717) is 13.0 Å². The van der Waals surface area contributed by atoms with Gasteiger partial charge in [-0.25, -0.2) is 4.79 Å². The van der Waals surface area contributed by atoms with E-state index in [4.69, 9.17) is 4.74 Å². The number of alkyl carbamates (subject to hydrolysis) is 1. The lowest BCUT2D eigenvalue weighted by molar-refractivity contribution is -0.122. The molecule has 104 valence electrons. The Hall–Kier alpha value is -1.30. The van der Waals surface area contributed by atoms with Crippen LogP contribution in [0.4, 0.5) is 4.79 Å². The lowest BCUT2D eigenvalue weighted by Gasteiger charge is -2.23. The maximum absolute atomic E-state index is 11.5. The SMILES string of the molecule is CC(C)(C)OC(=O)N[C@H](CO)C[C@@H]1CCNC1=O. The predicted octanol–water partition coefficient (Wildman–Crippen LogP) is 0.398. The Kier molecular flexibility index (Phi) is 4.95. The molecule has 1 aliphatic heterocycles. The molecule has 6 nitrogen and oxygen atoms in total. The number of carbonyl (C=O) groups is 2. The number of hydrogen-bond acceptors (Lipinski definition) is 4. The third-order valence-electron chi connectivity index (χ3n) is 2.67. The molecule has 0 aromatic heterocycles. The van der Waals surface area contributed by atoms with E-state index in [1.54, 1.807) is 20.8 Å². The lowest BCUT2D eigenvalue weighted by Crippen LogP contribution is -2.42. The van der Waals surface area contributed by atoms with Gasteiger partial charge in [-0.3, -0.25) is 4.79 Å². The predicted molar refractivity (Wildman–Crippen MR) is 66.0 cm³/mol. The maximum Gasteiger partial charge on any atom is 0.407 e. The Morgan fingerprint density at radius 1 is 1.61 bits per heavy atom. The highest BCUT2D eigenvalue weighted by Crippen LogP contribution is 2.16. The monoisotopic (exact) mass is 258 g/mol. The van der Waals surface area contributed by atoms with E-state index in [1.807, 2.05) is 0 Å². The molecule has 0 unspecified atom stereocenters. The van der Waals surface area contributed by atoms with Gasteiger partial charge in [0, 0.05) is 12.5 Å². The number of hydrogen-bond donors (Lipinski definition) is 3. The summed E-state index contributed by atoms with van der Waals surface area (Å²) >= 11 is 0. The van der Waals surface area contributed by atoms with Gasteiger partial charge >= 0.3 is 6.09 Å². The molecule has 0 aromatic rings. The summed E-state index contributed by atoms with van der Waals surface area (Å²) in [7, 11) is 0. The molecule has 0 saturated carbocycles. The van der Waals surface area contributed by atoms with Crippen LogP contribution in [0.5, 0.6) is 0 Å². The van der Waals surface area contributed by atoms with Crippen molar-refractivity contribution < 1.29 is 19.4 Å². The summed E-state index contributed by atoms with van der Waals surface area (Å²) in [6.07, 6.45) is 0.604. The fraction of sp³-hybridized carbons (Fsp3) is 0.833. The normalized spacial score (nSPS) is 21.3. The molecule has 1 saturated heterocycles. The van der Waals surface area contributed by atoms with Gasteiger partial charge in [0.1, 0.15) is 5.60 Å². The van der Waals surface area contributed by atoms with Crippen LogP contribution in [0.15, 0.2) is 0 Å². The van der Waals surface area contributed by atoms with E-state index in [-0.39, 0.29) is 18.4 Å². The number of aliphatic hydroxyl groups excluding tert-OH is 1. The molecule has 0 aromatic carbocycles. The first-order chi connectivity index (χ1) is 8.31. The fourth-order valence-electron chi connectivity index (χ4n) is 1.87. The molecule has 2 amide bonds. The number of rotatable bonds is 4. The largest absolute Gasteiger partial charge is 0.444 e. The summed E-state index contributed by atoms with van der Waals surface area (Å²) in [5.41, 5.74) is -0.575. The second-order valence-electron chi connectivity index (χ2n) is 5.54. The van der Waals surface area contributed by atoms with Crippen LogP contribution in [0.2, 0.25) is 0 Å². The van der Waals surface area contributed by atoms with Crippen LogP contribution in [0, 0.1) is 5.92 Å². The van der Waals surface area contributed by atoms with Gasteiger partial charge in [0.25, 0.3) is 0 Å². The fourth-order valence-corrected chi connectivity index (χ4v) is 1.87. The Morgan fingerprint density at radius 2 is 2.28 bits per heavy atom. The third kappa shape index (κ3) is 4.91. The van der Waals surface area contributed by atoms with Crippen molar-refractivity contribution >= 4 is 12.0 Å². The quantitative estimate of drug-likeness (QED) is 0.681. The molecule has 0 aliphatic carbocycles. The first kappa shape index (κ1) is 14.8. The number of carbonyl (C=O) groups excluding carboxylic acids is 2. The number of nitrogens with one attached hydrogen (secondary N) is 2. The van der Waals surface area contributed by atoms with Crippen LogP contribution in [0.1, 0.15) is 33.6 Å². The van der Waals surface area contributed by atoms with Crippen LogP contribution in [0.25, 0.3) is 0 Å².